The molecule has 54 heavy (non-hydrogen) atoms. The van der Waals surface area contributed by atoms with E-state index in [1.54, 1.807) is 16.9 Å². The van der Waals surface area contributed by atoms with E-state index in [0.29, 0.717) is 16.8 Å². The number of phenols is 2. The van der Waals surface area contributed by atoms with Gasteiger partial charge in [0, 0.05) is 23.0 Å². The second-order valence-electron chi connectivity index (χ2n) is 11.6. The Morgan fingerprint density at radius 2 is 1.50 bits per heavy atom. The quantitative estimate of drug-likeness (QED) is 0.0639. The number of aromatic hydroxyl groups is 2. The Bertz CT molecular complexity index is 2620. The van der Waals surface area contributed by atoms with Crippen LogP contribution in [0.15, 0.2) is 121 Å². The van der Waals surface area contributed by atoms with Gasteiger partial charge >= 0.3 is 0 Å². The van der Waals surface area contributed by atoms with E-state index in [-0.39, 0.29) is 60.0 Å². The van der Waals surface area contributed by atoms with Crippen LogP contribution in [-0.4, -0.2) is 46.3 Å². The van der Waals surface area contributed by atoms with Crippen LogP contribution in [0.4, 0.5) is 5.69 Å². The maximum absolute atomic E-state index is 14.1. The number of nitrogens with zero attached hydrogens (tertiary/aromatic N) is 5. The van der Waals surface area contributed by atoms with E-state index >= 15 is 0 Å². The summed E-state index contributed by atoms with van der Waals surface area (Å²) in [7, 11) is 0. The third kappa shape index (κ3) is 6.86. The summed E-state index contributed by atoms with van der Waals surface area (Å²) < 4.78 is 2.71. The number of halogens is 4. The predicted molar refractivity (Wildman–Crippen MR) is 207 cm³/mol. The van der Waals surface area contributed by atoms with Crippen molar-refractivity contribution in [2.24, 2.45) is 5.11 Å². The summed E-state index contributed by atoms with van der Waals surface area (Å²) in [6, 6.07) is 28.3. The van der Waals surface area contributed by atoms with E-state index in [1.165, 1.54) is 42.6 Å². The number of phenolic OH excluding ortho intramolecular Hbond substituents is 2. The SMILES string of the molecule is N=N/C(=C\Nc1ccccc1)c1ccc(C(=O)c2cc(Cl)c(Cl)n2-c2c(C(=O)c3ccc(-c4cn(-c5ccccc5)nn4)cc3O)[nH]c(Cl)c2Cl)c(O)c1. The molecule has 0 fully saturated rings. The topological polar surface area (TPSA) is 174 Å². The van der Waals surface area contributed by atoms with Crippen molar-refractivity contribution in [3.63, 3.8) is 0 Å². The van der Waals surface area contributed by atoms with Crippen molar-refractivity contribution in [3.8, 4) is 34.1 Å². The number of aromatic nitrogens is 5. The molecule has 0 aliphatic carbocycles. The van der Waals surface area contributed by atoms with E-state index in [2.05, 4.69) is 25.7 Å². The number of aromatic amines is 1. The molecular formula is C38H24Cl4N8O4. The molecule has 0 saturated carbocycles. The number of para-hydroxylation sites is 2. The van der Waals surface area contributed by atoms with Gasteiger partial charge in [-0.2, -0.15) is 5.11 Å². The zero-order valence-electron chi connectivity index (χ0n) is 27.4. The molecule has 268 valence electrons. The van der Waals surface area contributed by atoms with Gasteiger partial charge in [-0.3, -0.25) is 14.2 Å². The van der Waals surface area contributed by atoms with Gasteiger partial charge in [-0.15, -0.1) is 5.10 Å². The Kier molecular flexibility index (Phi) is 10.1. The van der Waals surface area contributed by atoms with Crippen LogP contribution in [0.25, 0.3) is 28.3 Å². The highest BCUT2D eigenvalue weighted by Crippen LogP contribution is 2.41. The minimum absolute atomic E-state index is 0.0659. The summed E-state index contributed by atoms with van der Waals surface area (Å²) in [6.07, 6.45) is 3.17. The van der Waals surface area contributed by atoms with Crippen molar-refractivity contribution in [1.82, 2.24) is 24.5 Å². The van der Waals surface area contributed by atoms with Crippen molar-refractivity contribution in [2.45, 2.75) is 0 Å². The van der Waals surface area contributed by atoms with Crippen LogP contribution in [-0.2, 0) is 0 Å². The first kappa shape index (κ1) is 36.2. The normalized spacial score (nSPS) is 11.4. The number of carbonyl (C=O) groups is 2. The molecule has 0 atom stereocenters. The number of H-pyrrole nitrogens is 1. The van der Waals surface area contributed by atoms with Gasteiger partial charge in [0.2, 0.25) is 11.6 Å². The van der Waals surface area contributed by atoms with Gasteiger partial charge in [0.1, 0.15) is 43.9 Å². The Hall–Kier alpha value is -6.18. The smallest absolute Gasteiger partial charge is 0.215 e. The Morgan fingerprint density at radius 1 is 0.833 bits per heavy atom. The van der Waals surface area contributed by atoms with Crippen LogP contribution in [0.3, 0.4) is 0 Å². The van der Waals surface area contributed by atoms with E-state index in [4.69, 9.17) is 51.9 Å². The molecule has 3 heterocycles. The molecule has 7 aromatic rings. The number of ketones is 2. The van der Waals surface area contributed by atoms with Crippen LogP contribution in [0.1, 0.15) is 37.7 Å². The molecule has 0 bridgehead atoms. The second kappa shape index (κ2) is 15.0. The Labute approximate surface area is 326 Å². The first-order valence-corrected chi connectivity index (χ1v) is 17.3. The van der Waals surface area contributed by atoms with Gasteiger partial charge in [0.05, 0.1) is 39.4 Å². The second-order valence-corrected chi connectivity index (χ2v) is 13.2. The third-order valence-corrected chi connectivity index (χ3v) is 9.82. The lowest BCUT2D eigenvalue weighted by Crippen LogP contribution is -2.13. The molecule has 0 aliphatic rings. The van der Waals surface area contributed by atoms with Gasteiger partial charge in [-0.05, 0) is 54.6 Å². The molecule has 0 radical (unpaired) electrons. The highest BCUT2D eigenvalue weighted by molar-refractivity contribution is 6.45. The van der Waals surface area contributed by atoms with Crippen molar-refractivity contribution in [3.05, 3.63) is 164 Å². The van der Waals surface area contributed by atoms with Crippen molar-refractivity contribution < 1.29 is 19.8 Å². The summed E-state index contributed by atoms with van der Waals surface area (Å²) in [5.74, 6) is -2.31. The van der Waals surface area contributed by atoms with Crippen LogP contribution >= 0.6 is 46.4 Å². The van der Waals surface area contributed by atoms with E-state index in [0.717, 1.165) is 15.9 Å². The summed E-state index contributed by atoms with van der Waals surface area (Å²) in [5.41, 5.74) is 9.82. The Balaban J connectivity index is 1.22. The van der Waals surface area contributed by atoms with Crippen LogP contribution in [0.2, 0.25) is 20.4 Å². The first-order valence-electron chi connectivity index (χ1n) is 15.8. The van der Waals surface area contributed by atoms with E-state index < -0.39 is 17.3 Å². The maximum Gasteiger partial charge on any atom is 0.215 e. The number of anilines is 1. The molecule has 5 N–H and O–H groups in total. The average molecular weight is 798 g/mol. The molecule has 0 unspecified atom stereocenters. The lowest BCUT2D eigenvalue weighted by molar-refractivity contribution is 0.101. The molecule has 0 amide bonds. The standard InChI is InChI=1S/C38H24Cl4N8O4/c39-26-17-29(35(53)24-13-11-20(15-30(24)51)27(46-43)18-44-22-7-3-1-4-8-22)50(38(26)42)34-32(40)37(41)45-33(34)36(54)25-14-12-21(16-31(25)52)28-19-49(48-47-28)23-9-5-2-6-10-23/h1-19,43-45,51-52H/b27-18-,46-43?. The lowest BCUT2D eigenvalue weighted by Gasteiger charge is -2.13. The van der Waals surface area contributed by atoms with Crippen LogP contribution in [0.5, 0.6) is 11.5 Å². The first-order chi connectivity index (χ1) is 26.0. The van der Waals surface area contributed by atoms with Gasteiger partial charge in [-0.25, -0.2) is 10.2 Å². The van der Waals surface area contributed by atoms with Crippen LogP contribution < -0.4 is 5.32 Å². The predicted octanol–water partition coefficient (Wildman–Crippen LogP) is 9.98. The largest absolute Gasteiger partial charge is 0.507 e. The summed E-state index contributed by atoms with van der Waals surface area (Å²) >= 11 is 26.1. The number of hydrogen-bond donors (Lipinski definition) is 5. The van der Waals surface area contributed by atoms with Gasteiger partial charge in [-0.1, -0.05) is 100 Å². The highest BCUT2D eigenvalue weighted by atomic mass is 35.5. The fourth-order valence-electron chi connectivity index (χ4n) is 5.66. The lowest BCUT2D eigenvalue weighted by atomic mass is 10.0. The summed E-state index contributed by atoms with van der Waals surface area (Å²) in [5, 5.41) is 36.5. The molecule has 0 saturated heterocycles. The maximum atomic E-state index is 14.1. The average Bonchev–Trinajstić information content (AvgIpc) is 3.88. The minimum Gasteiger partial charge on any atom is -0.507 e. The molecule has 16 heteroatoms. The summed E-state index contributed by atoms with van der Waals surface area (Å²) in [6.45, 7) is 0. The van der Waals surface area contributed by atoms with E-state index in [1.807, 2.05) is 60.7 Å². The van der Waals surface area contributed by atoms with Gasteiger partial charge in [0.15, 0.2) is 0 Å². The fourth-order valence-corrected chi connectivity index (χ4v) is 6.49. The molecule has 12 nitrogen and oxygen atoms in total. The monoisotopic (exact) mass is 796 g/mol. The zero-order valence-corrected chi connectivity index (χ0v) is 30.5. The zero-order chi connectivity index (χ0) is 38.1. The number of rotatable bonds is 11. The highest BCUT2D eigenvalue weighted by Gasteiger charge is 2.31. The van der Waals surface area contributed by atoms with Gasteiger partial charge in [0.25, 0.3) is 0 Å². The van der Waals surface area contributed by atoms with Gasteiger partial charge < -0.3 is 20.5 Å². The minimum atomic E-state index is -0.746. The molecule has 7 rings (SSSR count). The molecule has 4 aromatic carbocycles. The number of carbonyl (C=O) groups excluding carboxylic acids is 2. The molecule has 3 aromatic heterocycles. The third-order valence-electron chi connectivity index (χ3n) is 8.31. The number of nitrogens with one attached hydrogen (secondary N) is 3. The van der Waals surface area contributed by atoms with Crippen LogP contribution in [0, 0.1) is 5.53 Å². The van der Waals surface area contributed by atoms with E-state index in [9.17, 15) is 19.8 Å². The van der Waals surface area contributed by atoms with Crippen molar-refractivity contribution in [1.29, 1.82) is 5.53 Å². The molecule has 0 spiro atoms. The number of benzene rings is 4. The molecule has 0 aliphatic heterocycles. The van der Waals surface area contributed by atoms with Crippen molar-refractivity contribution in [2.75, 3.05) is 5.32 Å². The summed E-state index contributed by atoms with van der Waals surface area (Å²) in [4.78, 5) is 30.9. The van der Waals surface area contributed by atoms with Crippen molar-refractivity contribution >= 4 is 69.4 Å². The number of hydrogen-bond acceptors (Lipinski definition) is 9. The Morgan fingerprint density at radius 3 is 2.19 bits per heavy atom. The molecular weight excluding hydrogens is 774 g/mol. The fraction of sp³-hybridized carbons (Fsp3) is 0.